The highest BCUT2D eigenvalue weighted by Crippen LogP contribution is 2.38. The Morgan fingerprint density at radius 1 is 1.31 bits per heavy atom. The van der Waals surface area contributed by atoms with E-state index in [2.05, 4.69) is 34.9 Å². The summed E-state index contributed by atoms with van der Waals surface area (Å²) in [5, 5.41) is 3.55. The molecule has 0 aromatic carbocycles. The molecule has 1 N–H and O–H groups in total. The van der Waals surface area contributed by atoms with Crippen molar-refractivity contribution in [1.29, 1.82) is 0 Å². The molecule has 0 radical (unpaired) electrons. The van der Waals surface area contributed by atoms with Crippen LogP contribution in [0.15, 0.2) is 6.20 Å². The largest absolute Gasteiger partial charge is 0.353 e. The molecule has 1 aromatic rings. The van der Waals surface area contributed by atoms with Gasteiger partial charge >= 0.3 is 0 Å². The first kappa shape index (κ1) is 10.2. The first-order chi connectivity index (χ1) is 7.74. The Hall–Kier alpha value is -0.990. The van der Waals surface area contributed by atoms with Crippen LogP contribution in [0, 0.1) is 12.8 Å². The van der Waals surface area contributed by atoms with Crippen LogP contribution in [0.2, 0.25) is 0 Å². The zero-order valence-corrected chi connectivity index (χ0v) is 10.2. The lowest BCUT2D eigenvalue weighted by atomic mass is 10.1. The average Bonchev–Trinajstić information content (AvgIpc) is 2.83. The number of aryl methyl sites for hydroxylation is 1. The fourth-order valence-electron chi connectivity index (χ4n) is 2.83. The van der Waals surface area contributed by atoms with Crippen LogP contribution < -0.4 is 5.32 Å². The lowest BCUT2D eigenvalue weighted by molar-refractivity contribution is 0.411. The number of rotatable bonds is 3. The molecule has 0 bridgehead atoms. The molecule has 0 saturated heterocycles. The predicted octanol–water partition coefficient (Wildman–Crippen LogP) is 3.13. The minimum absolute atomic E-state index is 0.669. The molecule has 2 aliphatic carbocycles. The van der Waals surface area contributed by atoms with E-state index in [9.17, 15) is 0 Å². The van der Waals surface area contributed by atoms with E-state index in [-0.39, 0.29) is 0 Å². The summed E-state index contributed by atoms with van der Waals surface area (Å²) < 4.78 is 2.39. The van der Waals surface area contributed by atoms with E-state index in [1.54, 1.807) is 0 Å². The van der Waals surface area contributed by atoms with Crippen LogP contribution in [0.25, 0.3) is 0 Å². The second kappa shape index (κ2) is 3.79. The SMILES string of the molecule is Cc1cn(C2CCCC2C)c(NC2CC2)n1. The third-order valence-corrected chi connectivity index (χ3v) is 3.94. The number of nitrogens with one attached hydrogen (secondary N) is 1. The van der Waals surface area contributed by atoms with Gasteiger partial charge in [0.05, 0.1) is 5.69 Å². The van der Waals surface area contributed by atoms with Gasteiger partial charge in [-0.2, -0.15) is 0 Å². The van der Waals surface area contributed by atoms with Crippen molar-refractivity contribution >= 4 is 5.95 Å². The van der Waals surface area contributed by atoms with Gasteiger partial charge in [0, 0.05) is 18.3 Å². The Labute approximate surface area is 97.3 Å². The van der Waals surface area contributed by atoms with Gasteiger partial charge < -0.3 is 9.88 Å². The Kier molecular flexibility index (Phi) is 2.41. The Morgan fingerprint density at radius 2 is 2.12 bits per heavy atom. The quantitative estimate of drug-likeness (QED) is 0.846. The van der Waals surface area contributed by atoms with Gasteiger partial charge in [-0.25, -0.2) is 4.98 Å². The maximum atomic E-state index is 4.62. The summed E-state index contributed by atoms with van der Waals surface area (Å²) in [6.07, 6.45) is 8.89. The van der Waals surface area contributed by atoms with E-state index in [0.29, 0.717) is 12.1 Å². The normalized spacial score (nSPS) is 29.6. The minimum Gasteiger partial charge on any atom is -0.353 e. The van der Waals surface area contributed by atoms with Gasteiger partial charge in [-0.15, -0.1) is 0 Å². The summed E-state index contributed by atoms with van der Waals surface area (Å²) >= 11 is 0. The zero-order valence-electron chi connectivity index (χ0n) is 10.2. The Bertz CT molecular complexity index is 379. The summed E-state index contributed by atoms with van der Waals surface area (Å²) in [4.78, 5) is 4.62. The molecule has 2 aliphatic rings. The number of nitrogens with zero attached hydrogens (tertiary/aromatic N) is 2. The molecule has 0 spiro atoms. The molecule has 2 saturated carbocycles. The highest BCUT2D eigenvalue weighted by molar-refractivity contribution is 5.33. The number of aromatic nitrogens is 2. The molecule has 16 heavy (non-hydrogen) atoms. The number of hydrogen-bond donors (Lipinski definition) is 1. The fourth-order valence-corrected chi connectivity index (χ4v) is 2.83. The molecular weight excluding hydrogens is 198 g/mol. The van der Waals surface area contributed by atoms with Crippen molar-refractivity contribution in [3.05, 3.63) is 11.9 Å². The smallest absolute Gasteiger partial charge is 0.203 e. The van der Waals surface area contributed by atoms with Gasteiger partial charge in [-0.3, -0.25) is 0 Å². The van der Waals surface area contributed by atoms with E-state index in [1.807, 2.05) is 0 Å². The second-order valence-corrected chi connectivity index (χ2v) is 5.51. The van der Waals surface area contributed by atoms with Crippen LogP contribution in [0.1, 0.15) is 50.8 Å². The molecule has 2 atom stereocenters. The van der Waals surface area contributed by atoms with Gasteiger partial charge in [0.15, 0.2) is 0 Å². The highest BCUT2D eigenvalue weighted by atomic mass is 15.2. The van der Waals surface area contributed by atoms with Crippen molar-refractivity contribution in [2.24, 2.45) is 5.92 Å². The lowest BCUT2D eigenvalue weighted by Crippen LogP contribution is -2.15. The van der Waals surface area contributed by atoms with Gasteiger partial charge in [-0.1, -0.05) is 13.3 Å². The van der Waals surface area contributed by atoms with Crippen LogP contribution in [0.4, 0.5) is 5.95 Å². The van der Waals surface area contributed by atoms with Crippen LogP contribution in [0.5, 0.6) is 0 Å². The first-order valence-electron chi connectivity index (χ1n) is 6.56. The highest BCUT2D eigenvalue weighted by Gasteiger charge is 2.29. The number of anilines is 1. The summed E-state index contributed by atoms with van der Waals surface area (Å²) in [5.74, 6) is 1.91. The maximum absolute atomic E-state index is 4.62. The van der Waals surface area contributed by atoms with E-state index in [1.165, 1.54) is 32.1 Å². The second-order valence-electron chi connectivity index (χ2n) is 5.51. The molecule has 3 nitrogen and oxygen atoms in total. The predicted molar refractivity (Wildman–Crippen MR) is 65.7 cm³/mol. The number of hydrogen-bond acceptors (Lipinski definition) is 2. The molecule has 1 aromatic heterocycles. The molecule has 3 heteroatoms. The summed E-state index contributed by atoms with van der Waals surface area (Å²) in [5.41, 5.74) is 1.14. The first-order valence-corrected chi connectivity index (χ1v) is 6.56. The van der Waals surface area contributed by atoms with E-state index in [0.717, 1.165) is 17.6 Å². The fraction of sp³-hybridized carbons (Fsp3) is 0.769. The summed E-state index contributed by atoms with van der Waals surface area (Å²) in [7, 11) is 0. The third-order valence-electron chi connectivity index (χ3n) is 3.94. The molecule has 0 aliphatic heterocycles. The molecule has 1 heterocycles. The molecule has 3 rings (SSSR count). The van der Waals surface area contributed by atoms with Crippen molar-refractivity contribution in [3.8, 4) is 0 Å². The molecule has 0 amide bonds. The van der Waals surface area contributed by atoms with Crippen molar-refractivity contribution < 1.29 is 0 Å². The minimum atomic E-state index is 0.669. The summed E-state index contributed by atoms with van der Waals surface area (Å²) in [6.45, 7) is 4.46. The maximum Gasteiger partial charge on any atom is 0.203 e. The van der Waals surface area contributed by atoms with Crippen LogP contribution in [0.3, 0.4) is 0 Å². The van der Waals surface area contributed by atoms with Gasteiger partial charge in [0.25, 0.3) is 0 Å². The van der Waals surface area contributed by atoms with Gasteiger partial charge in [0.1, 0.15) is 0 Å². The Balaban J connectivity index is 1.85. The monoisotopic (exact) mass is 219 g/mol. The van der Waals surface area contributed by atoms with E-state index >= 15 is 0 Å². The topological polar surface area (TPSA) is 29.9 Å². The van der Waals surface area contributed by atoms with Gasteiger partial charge in [-0.05, 0) is 38.5 Å². The van der Waals surface area contributed by atoms with Crippen LogP contribution in [-0.2, 0) is 0 Å². The lowest BCUT2D eigenvalue weighted by Gasteiger charge is -2.20. The van der Waals surface area contributed by atoms with Crippen molar-refractivity contribution in [3.63, 3.8) is 0 Å². The van der Waals surface area contributed by atoms with Gasteiger partial charge in [0.2, 0.25) is 5.95 Å². The Morgan fingerprint density at radius 3 is 2.75 bits per heavy atom. The standard InChI is InChI=1S/C13H21N3/c1-9-4-3-5-12(9)16-8-10(2)14-13(16)15-11-6-7-11/h8-9,11-12H,3-7H2,1-2H3,(H,14,15). The molecule has 88 valence electrons. The van der Waals surface area contributed by atoms with Crippen molar-refractivity contribution in [2.45, 2.75) is 58.0 Å². The number of imidazole rings is 1. The van der Waals surface area contributed by atoms with E-state index in [4.69, 9.17) is 0 Å². The molecule has 2 unspecified atom stereocenters. The molecule has 2 fully saturated rings. The van der Waals surface area contributed by atoms with Crippen LogP contribution >= 0.6 is 0 Å². The average molecular weight is 219 g/mol. The molecular formula is C13H21N3. The van der Waals surface area contributed by atoms with Crippen molar-refractivity contribution in [2.75, 3.05) is 5.32 Å². The summed E-state index contributed by atoms with van der Waals surface area (Å²) in [6, 6.07) is 1.36. The van der Waals surface area contributed by atoms with E-state index < -0.39 is 0 Å². The van der Waals surface area contributed by atoms with Crippen molar-refractivity contribution in [1.82, 2.24) is 9.55 Å². The zero-order chi connectivity index (χ0) is 11.1. The van der Waals surface area contributed by atoms with Crippen LogP contribution in [-0.4, -0.2) is 15.6 Å². The third kappa shape index (κ3) is 1.83.